The summed E-state index contributed by atoms with van der Waals surface area (Å²) in [5.41, 5.74) is 2.17. The van der Waals surface area contributed by atoms with Crippen LogP contribution < -0.4 is 0 Å². The standard InChI is InChI=1S/C13H16BrN3O/c1-8(2)17-12(7-18)15-16-13(17)11-6-10(14)5-4-9(11)3/h4-6,8,18H,7H2,1-3H3. The van der Waals surface area contributed by atoms with Crippen LogP contribution in [0.4, 0.5) is 0 Å². The first-order valence-electron chi connectivity index (χ1n) is 5.85. The van der Waals surface area contributed by atoms with E-state index in [1.807, 2.05) is 29.7 Å². The van der Waals surface area contributed by atoms with Crippen molar-refractivity contribution < 1.29 is 5.11 Å². The molecule has 0 fully saturated rings. The molecule has 0 saturated heterocycles. The molecule has 0 bridgehead atoms. The quantitative estimate of drug-likeness (QED) is 0.948. The molecule has 4 nitrogen and oxygen atoms in total. The van der Waals surface area contributed by atoms with Crippen LogP contribution in [-0.4, -0.2) is 19.9 Å². The Hall–Kier alpha value is -1.20. The summed E-state index contributed by atoms with van der Waals surface area (Å²) >= 11 is 3.47. The van der Waals surface area contributed by atoms with Crippen molar-refractivity contribution in [2.45, 2.75) is 33.4 Å². The molecule has 1 aromatic heterocycles. The number of aliphatic hydroxyl groups is 1. The van der Waals surface area contributed by atoms with Crippen molar-refractivity contribution in [2.24, 2.45) is 0 Å². The normalized spacial score (nSPS) is 11.2. The van der Waals surface area contributed by atoms with Gasteiger partial charge in [0.1, 0.15) is 6.61 Å². The Morgan fingerprint density at radius 1 is 1.33 bits per heavy atom. The molecule has 2 aromatic rings. The lowest BCUT2D eigenvalue weighted by atomic mass is 10.1. The van der Waals surface area contributed by atoms with Crippen LogP contribution in [-0.2, 0) is 6.61 Å². The third-order valence-electron chi connectivity index (χ3n) is 2.86. The van der Waals surface area contributed by atoms with Crippen LogP contribution in [0.5, 0.6) is 0 Å². The molecule has 5 heteroatoms. The average Bonchev–Trinajstić information content (AvgIpc) is 2.75. The lowest BCUT2D eigenvalue weighted by Crippen LogP contribution is -2.08. The van der Waals surface area contributed by atoms with Gasteiger partial charge < -0.3 is 9.67 Å². The van der Waals surface area contributed by atoms with E-state index in [0.29, 0.717) is 5.82 Å². The highest BCUT2D eigenvalue weighted by Crippen LogP contribution is 2.28. The smallest absolute Gasteiger partial charge is 0.164 e. The number of hydrogen-bond donors (Lipinski definition) is 1. The van der Waals surface area contributed by atoms with Gasteiger partial charge in [-0.25, -0.2) is 0 Å². The van der Waals surface area contributed by atoms with E-state index in [1.54, 1.807) is 0 Å². The molecular formula is C13H16BrN3O. The first-order valence-corrected chi connectivity index (χ1v) is 6.65. The summed E-state index contributed by atoms with van der Waals surface area (Å²) in [6.07, 6.45) is 0. The molecule has 0 amide bonds. The zero-order valence-corrected chi connectivity index (χ0v) is 12.3. The number of nitrogens with zero attached hydrogens (tertiary/aromatic N) is 3. The summed E-state index contributed by atoms with van der Waals surface area (Å²) in [4.78, 5) is 0. The van der Waals surface area contributed by atoms with E-state index in [2.05, 4.69) is 40.0 Å². The van der Waals surface area contributed by atoms with Crippen LogP contribution in [0, 0.1) is 6.92 Å². The van der Waals surface area contributed by atoms with Crippen LogP contribution >= 0.6 is 15.9 Å². The highest BCUT2D eigenvalue weighted by atomic mass is 79.9. The fraction of sp³-hybridized carbons (Fsp3) is 0.385. The first-order chi connectivity index (χ1) is 8.54. The van der Waals surface area contributed by atoms with Crippen molar-refractivity contribution in [3.05, 3.63) is 34.1 Å². The molecule has 1 heterocycles. The minimum absolute atomic E-state index is 0.0990. The molecule has 0 aliphatic carbocycles. The fourth-order valence-electron chi connectivity index (χ4n) is 1.99. The lowest BCUT2D eigenvalue weighted by molar-refractivity contribution is 0.262. The third kappa shape index (κ3) is 2.33. The molecule has 0 atom stereocenters. The summed E-state index contributed by atoms with van der Waals surface area (Å²) in [5, 5.41) is 17.6. The van der Waals surface area contributed by atoms with Crippen molar-refractivity contribution in [1.82, 2.24) is 14.8 Å². The van der Waals surface area contributed by atoms with Gasteiger partial charge in [0, 0.05) is 16.1 Å². The number of aliphatic hydroxyl groups excluding tert-OH is 1. The van der Waals surface area contributed by atoms with Crippen molar-refractivity contribution in [1.29, 1.82) is 0 Å². The highest BCUT2D eigenvalue weighted by Gasteiger charge is 2.17. The number of hydrogen-bond acceptors (Lipinski definition) is 3. The predicted molar refractivity (Wildman–Crippen MR) is 74.2 cm³/mol. The topological polar surface area (TPSA) is 50.9 Å². The Morgan fingerprint density at radius 3 is 2.67 bits per heavy atom. The first kappa shape index (κ1) is 13.2. The molecule has 0 spiro atoms. The van der Waals surface area contributed by atoms with Gasteiger partial charge in [0.15, 0.2) is 11.6 Å². The number of aromatic nitrogens is 3. The zero-order valence-electron chi connectivity index (χ0n) is 10.7. The van der Waals surface area contributed by atoms with Crippen molar-refractivity contribution in [3.8, 4) is 11.4 Å². The van der Waals surface area contributed by atoms with E-state index in [4.69, 9.17) is 0 Å². The van der Waals surface area contributed by atoms with Gasteiger partial charge in [0.05, 0.1) is 0 Å². The average molecular weight is 310 g/mol. The predicted octanol–water partition coefficient (Wildman–Crippen LogP) is 3.09. The number of halogens is 1. The second-order valence-electron chi connectivity index (χ2n) is 4.52. The number of rotatable bonds is 3. The highest BCUT2D eigenvalue weighted by molar-refractivity contribution is 9.10. The molecule has 1 N–H and O–H groups in total. The SMILES string of the molecule is Cc1ccc(Br)cc1-c1nnc(CO)n1C(C)C. The van der Waals surface area contributed by atoms with E-state index in [-0.39, 0.29) is 12.6 Å². The Balaban J connectivity index is 2.63. The van der Waals surface area contributed by atoms with Crippen LogP contribution in [0.3, 0.4) is 0 Å². The maximum atomic E-state index is 9.32. The largest absolute Gasteiger partial charge is 0.388 e. The van der Waals surface area contributed by atoms with Crippen molar-refractivity contribution in [2.75, 3.05) is 0 Å². The lowest BCUT2D eigenvalue weighted by Gasteiger charge is -2.14. The minimum Gasteiger partial charge on any atom is -0.388 e. The van der Waals surface area contributed by atoms with Gasteiger partial charge in [0.2, 0.25) is 0 Å². The van der Waals surface area contributed by atoms with Crippen LogP contribution in [0.1, 0.15) is 31.3 Å². The Bertz CT molecular complexity index is 563. The molecule has 0 saturated carbocycles. The summed E-state index contributed by atoms with van der Waals surface area (Å²) in [5.74, 6) is 1.40. The zero-order chi connectivity index (χ0) is 13.3. The van der Waals surface area contributed by atoms with Gasteiger partial charge in [-0.15, -0.1) is 10.2 Å². The molecular weight excluding hydrogens is 294 g/mol. The summed E-state index contributed by atoms with van der Waals surface area (Å²) in [6.45, 7) is 6.05. The van der Waals surface area contributed by atoms with E-state index in [0.717, 1.165) is 21.4 Å². The second-order valence-corrected chi connectivity index (χ2v) is 5.44. The monoisotopic (exact) mass is 309 g/mol. The van der Waals surface area contributed by atoms with E-state index in [1.165, 1.54) is 0 Å². The number of aryl methyl sites for hydroxylation is 1. The number of benzene rings is 1. The molecule has 0 unspecified atom stereocenters. The Morgan fingerprint density at radius 2 is 2.06 bits per heavy atom. The van der Waals surface area contributed by atoms with Gasteiger partial charge in [-0.1, -0.05) is 22.0 Å². The third-order valence-corrected chi connectivity index (χ3v) is 3.36. The molecule has 0 aliphatic heterocycles. The van der Waals surface area contributed by atoms with Crippen molar-refractivity contribution >= 4 is 15.9 Å². The molecule has 0 aliphatic rings. The maximum absolute atomic E-state index is 9.32. The molecule has 18 heavy (non-hydrogen) atoms. The summed E-state index contributed by atoms with van der Waals surface area (Å²) in [7, 11) is 0. The second kappa shape index (κ2) is 5.20. The molecule has 0 radical (unpaired) electrons. The van der Waals surface area contributed by atoms with E-state index >= 15 is 0 Å². The Labute approximate surface area is 115 Å². The van der Waals surface area contributed by atoms with Gasteiger partial charge in [-0.05, 0) is 38.5 Å². The van der Waals surface area contributed by atoms with Gasteiger partial charge in [0.25, 0.3) is 0 Å². The van der Waals surface area contributed by atoms with E-state index < -0.39 is 0 Å². The van der Waals surface area contributed by atoms with Crippen LogP contribution in [0.15, 0.2) is 22.7 Å². The van der Waals surface area contributed by atoms with Gasteiger partial charge in [-0.2, -0.15) is 0 Å². The van der Waals surface area contributed by atoms with Gasteiger partial charge in [-0.3, -0.25) is 0 Å². The minimum atomic E-state index is -0.0990. The van der Waals surface area contributed by atoms with E-state index in [9.17, 15) is 5.11 Å². The molecule has 2 rings (SSSR count). The maximum Gasteiger partial charge on any atom is 0.164 e. The summed E-state index contributed by atoms with van der Waals surface area (Å²) in [6, 6.07) is 6.27. The fourth-order valence-corrected chi connectivity index (χ4v) is 2.35. The van der Waals surface area contributed by atoms with Gasteiger partial charge >= 0.3 is 0 Å². The van der Waals surface area contributed by atoms with Crippen LogP contribution in [0.25, 0.3) is 11.4 Å². The molecule has 1 aromatic carbocycles. The molecule has 96 valence electrons. The van der Waals surface area contributed by atoms with Crippen molar-refractivity contribution in [3.63, 3.8) is 0 Å². The Kier molecular flexibility index (Phi) is 3.82. The van der Waals surface area contributed by atoms with Crippen LogP contribution in [0.2, 0.25) is 0 Å². The summed E-state index contributed by atoms with van der Waals surface area (Å²) < 4.78 is 2.97.